The van der Waals surface area contributed by atoms with Crippen molar-refractivity contribution in [2.75, 3.05) is 13.1 Å². The lowest BCUT2D eigenvalue weighted by Gasteiger charge is -2.37. The Labute approximate surface area is 138 Å². The van der Waals surface area contributed by atoms with E-state index in [9.17, 15) is 0 Å². The van der Waals surface area contributed by atoms with E-state index in [2.05, 4.69) is 18.7 Å². The molecule has 2 nitrogen and oxygen atoms in total. The molecule has 0 saturated carbocycles. The second-order valence-electron chi connectivity index (χ2n) is 5.57. The van der Waals surface area contributed by atoms with Crippen LogP contribution < -0.4 is 5.73 Å². The van der Waals surface area contributed by atoms with Crippen LogP contribution in [0.5, 0.6) is 0 Å². The van der Waals surface area contributed by atoms with E-state index in [1.807, 2.05) is 18.2 Å². The molecule has 5 heteroatoms. The highest BCUT2D eigenvalue weighted by molar-refractivity contribution is 6.33. The minimum Gasteiger partial charge on any atom is -0.328 e. The van der Waals surface area contributed by atoms with Gasteiger partial charge in [-0.25, -0.2) is 0 Å². The zero-order chi connectivity index (χ0) is 14.0. The fraction of sp³-hybridized carbons (Fsp3) is 0.600. The number of nitrogens with two attached hydrogens (primary N) is 1. The van der Waals surface area contributed by atoms with Gasteiger partial charge in [-0.3, -0.25) is 4.90 Å². The molecule has 2 N–H and O–H groups in total. The third-order valence-electron chi connectivity index (χ3n) is 4.27. The van der Waals surface area contributed by atoms with Crippen molar-refractivity contribution >= 4 is 35.6 Å². The highest BCUT2D eigenvalue weighted by Gasteiger charge is 2.26. The van der Waals surface area contributed by atoms with Crippen molar-refractivity contribution in [3.8, 4) is 0 Å². The molecule has 1 fully saturated rings. The van der Waals surface area contributed by atoms with Gasteiger partial charge in [-0.15, -0.1) is 12.4 Å². The Kier molecular flexibility index (Phi) is 7.10. The van der Waals surface area contributed by atoms with E-state index in [1.165, 1.54) is 12.8 Å². The lowest BCUT2D eigenvalue weighted by molar-refractivity contribution is 0.132. The molecular weight excluding hydrogens is 315 g/mol. The molecule has 114 valence electrons. The van der Waals surface area contributed by atoms with Gasteiger partial charge in [-0.2, -0.15) is 0 Å². The summed E-state index contributed by atoms with van der Waals surface area (Å²) in [5.74, 6) is 0.651. The maximum Gasteiger partial charge on any atom is 0.0454 e. The molecule has 1 saturated heterocycles. The van der Waals surface area contributed by atoms with Crippen LogP contribution >= 0.6 is 35.6 Å². The zero-order valence-corrected chi connectivity index (χ0v) is 14.3. The molecule has 1 aromatic carbocycles. The van der Waals surface area contributed by atoms with E-state index >= 15 is 0 Å². The first-order chi connectivity index (χ1) is 8.99. The summed E-state index contributed by atoms with van der Waals surface area (Å²) in [6, 6.07) is 6.30. The Hall–Kier alpha value is 0.01000. The first-order valence-electron chi connectivity index (χ1n) is 6.93. The van der Waals surface area contributed by atoms with Gasteiger partial charge in [0.2, 0.25) is 0 Å². The zero-order valence-electron chi connectivity index (χ0n) is 12.0. The van der Waals surface area contributed by atoms with Crippen molar-refractivity contribution in [2.24, 2.45) is 11.7 Å². The van der Waals surface area contributed by atoms with Crippen molar-refractivity contribution in [1.29, 1.82) is 0 Å². The standard InChI is InChI=1S/C15H22Cl2N2.ClH/c1-10(18)12-5-7-19(8-6-12)11(2)14-9-13(16)3-4-15(14)17;/h3-4,9-12H,5-8,18H2,1-2H3;1H. The van der Waals surface area contributed by atoms with Gasteiger partial charge in [-0.05, 0) is 69.5 Å². The lowest BCUT2D eigenvalue weighted by Crippen LogP contribution is -2.40. The topological polar surface area (TPSA) is 29.3 Å². The summed E-state index contributed by atoms with van der Waals surface area (Å²) >= 11 is 12.4. The monoisotopic (exact) mass is 336 g/mol. The number of hydrogen-bond acceptors (Lipinski definition) is 2. The molecule has 0 bridgehead atoms. The number of nitrogens with zero attached hydrogens (tertiary/aromatic N) is 1. The Morgan fingerprint density at radius 1 is 1.20 bits per heavy atom. The molecule has 0 spiro atoms. The molecular formula is C15H23Cl3N2. The lowest BCUT2D eigenvalue weighted by atomic mass is 9.90. The largest absolute Gasteiger partial charge is 0.328 e. The third-order valence-corrected chi connectivity index (χ3v) is 4.85. The first kappa shape index (κ1) is 18.1. The van der Waals surface area contributed by atoms with Gasteiger partial charge < -0.3 is 5.73 Å². The van der Waals surface area contributed by atoms with Crippen molar-refractivity contribution in [3.05, 3.63) is 33.8 Å². The maximum absolute atomic E-state index is 6.28. The number of rotatable bonds is 3. The minimum absolute atomic E-state index is 0. The summed E-state index contributed by atoms with van der Waals surface area (Å²) in [5, 5.41) is 1.54. The van der Waals surface area contributed by atoms with Crippen molar-refractivity contribution in [2.45, 2.75) is 38.8 Å². The van der Waals surface area contributed by atoms with Crippen molar-refractivity contribution in [1.82, 2.24) is 4.90 Å². The van der Waals surface area contributed by atoms with Crippen LogP contribution in [0.2, 0.25) is 10.0 Å². The maximum atomic E-state index is 6.28. The van der Waals surface area contributed by atoms with Crippen molar-refractivity contribution in [3.63, 3.8) is 0 Å². The number of piperidine rings is 1. The van der Waals surface area contributed by atoms with E-state index in [-0.39, 0.29) is 12.4 Å². The van der Waals surface area contributed by atoms with Crippen LogP contribution in [0.15, 0.2) is 18.2 Å². The van der Waals surface area contributed by atoms with E-state index in [0.29, 0.717) is 18.0 Å². The summed E-state index contributed by atoms with van der Waals surface area (Å²) in [6.45, 7) is 6.47. The van der Waals surface area contributed by atoms with Gasteiger partial charge >= 0.3 is 0 Å². The molecule has 1 aliphatic heterocycles. The van der Waals surface area contributed by atoms with E-state index in [0.717, 1.165) is 28.7 Å². The van der Waals surface area contributed by atoms with Crippen LogP contribution in [0.4, 0.5) is 0 Å². The number of benzene rings is 1. The molecule has 1 aromatic rings. The van der Waals surface area contributed by atoms with Gasteiger partial charge in [0, 0.05) is 22.1 Å². The fourth-order valence-electron chi connectivity index (χ4n) is 2.86. The van der Waals surface area contributed by atoms with Gasteiger partial charge in [-0.1, -0.05) is 23.2 Å². The van der Waals surface area contributed by atoms with Crippen LogP contribution in [-0.4, -0.2) is 24.0 Å². The fourth-order valence-corrected chi connectivity index (χ4v) is 3.32. The molecule has 2 unspecified atom stereocenters. The minimum atomic E-state index is 0. The van der Waals surface area contributed by atoms with Gasteiger partial charge in [0.25, 0.3) is 0 Å². The summed E-state index contributed by atoms with van der Waals surface area (Å²) in [4.78, 5) is 2.47. The molecule has 0 aliphatic carbocycles. The molecule has 2 rings (SSSR count). The second kappa shape index (κ2) is 7.86. The number of likely N-dealkylation sites (tertiary alicyclic amines) is 1. The van der Waals surface area contributed by atoms with Gasteiger partial charge in [0.15, 0.2) is 0 Å². The molecule has 0 aromatic heterocycles. The molecule has 1 heterocycles. The highest BCUT2D eigenvalue weighted by atomic mass is 35.5. The molecule has 1 aliphatic rings. The summed E-state index contributed by atoms with van der Waals surface area (Å²) < 4.78 is 0. The Morgan fingerprint density at radius 2 is 1.80 bits per heavy atom. The predicted octanol–water partition coefficient (Wildman–Crippen LogP) is 4.54. The number of halogens is 3. The third kappa shape index (κ3) is 4.25. The van der Waals surface area contributed by atoms with E-state index in [1.54, 1.807) is 0 Å². The van der Waals surface area contributed by atoms with Crippen LogP contribution in [-0.2, 0) is 0 Å². The molecule has 20 heavy (non-hydrogen) atoms. The first-order valence-corrected chi connectivity index (χ1v) is 7.69. The summed E-state index contributed by atoms with van der Waals surface area (Å²) in [5.41, 5.74) is 7.11. The summed E-state index contributed by atoms with van der Waals surface area (Å²) in [6.07, 6.45) is 2.33. The second-order valence-corrected chi connectivity index (χ2v) is 6.42. The average Bonchev–Trinajstić information content (AvgIpc) is 2.41. The van der Waals surface area contributed by atoms with Crippen LogP contribution in [0.25, 0.3) is 0 Å². The normalized spacial score (nSPS) is 20.2. The van der Waals surface area contributed by atoms with Gasteiger partial charge in [0.05, 0.1) is 0 Å². The average molecular weight is 338 g/mol. The highest BCUT2D eigenvalue weighted by Crippen LogP contribution is 2.32. The molecule has 0 radical (unpaired) electrons. The van der Waals surface area contributed by atoms with Crippen molar-refractivity contribution < 1.29 is 0 Å². The summed E-state index contributed by atoms with van der Waals surface area (Å²) in [7, 11) is 0. The predicted molar refractivity (Wildman–Crippen MR) is 90.1 cm³/mol. The smallest absolute Gasteiger partial charge is 0.0454 e. The SMILES string of the molecule is CC(N)C1CCN(C(C)c2cc(Cl)ccc2Cl)CC1.Cl. The van der Waals surface area contributed by atoms with Crippen LogP contribution in [0.3, 0.4) is 0 Å². The Bertz CT molecular complexity index is 429. The van der Waals surface area contributed by atoms with E-state index < -0.39 is 0 Å². The Balaban J connectivity index is 0.00000200. The van der Waals surface area contributed by atoms with E-state index in [4.69, 9.17) is 28.9 Å². The number of hydrogen-bond donors (Lipinski definition) is 1. The van der Waals surface area contributed by atoms with Crippen LogP contribution in [0, 0.1) is 5.92 Å². The van der Waals surface area contributed by atoms with Gasteiger partial charge in [0.1, 0.15) is 0 Å². The Morgan fingerprint density at radius 3 is 2.35 bits per heavy atom. The van der Waals surface area contributed by atoms with Crippen LogP contribution in [0.1, 0.15) is 38.3 Å². The molecule has 0 amide bonds. The molecule has 2 atom stereocenters. The quantitative estimate of drug-likeness (QED) is 0.877.